The number of hydrogen-bond donors (Lipinski definition) is 1. The van der Waals surface area contributed by atoms with E-state index in [0.717, 1.165) is 37.4 Å². The molecule has 0 fully saturated rings. The van der Waals surface area contributed by atoms with Crippen LogP contribution in [0.1, 0.15) is 37.1 Å². The molecule has 0 bridgehead atoms. The monoisotopic (exact) mass is 261 g/mol. The predicted molar refractivity (Wildman–Crippen MR) is 78.5 cm³/mol. The fourth-order valence-corrected chi connectivity index (χ4v) is 2.32. The number of aryl methyl sites for hydroxylation is 1. The van der Waals surface area contributed by atoms with Crippen molar-refractivity contribution in [3.8, 4) is 0 Å². The summed E-state index contributed by atoms with van der Waals surface area (Å²) in [5.41, 5.74) is 2.22. The molecule has 1 aromatic heterocycles. The number of furan rings is 1. The van der Waals surface area contributed by atoms with Gasteiger partial charge in [0.05, 0.1) is 6.04 Å². The zero-order valence-electron chi connectivity index (χ0n) is 12.0. The molecule has 0 amide bonds. The fourth-order valence-electron chi connectivity index (χ4n) is 2.32. The average Bonchev–Trinajstić information content (AvgIpc) is 2.81. The Morgan fingerprint density at radius 1 is 1.32 bits per heavy atom. The lowest BCUT2D eigenvalue weighted by atomic mass is 10.1. The Labute approximate surface area is 114 Å². The molecule has 1 heterocycles. The van der Waals surface area contributed by atoms with Crippen LogP contribution in [0.15, 0.2) is 28.7 Å². The summed E-state index contributed by atoms with van der Waals surface area (Å²) in [7, 11) is 1.98. The Balaban J connectivity index is 2.07. The third-order valence-electron chi connectivity index (χ3n) is 3.37. The van der Waals surface area contributed by atoms with Crippen molar-refractivity contribution >= 4 is 11.0 Å². The van der Waals surface area contributed by atoms with Crippen LogP contribution in [-0.4, -0.2) is 20.3 Å². The maximum Gasteiger partial charge on any atom is 0.134 e. The van der Waals surface area contributed by atoms with Gasteiger partial charge in [0.25, 0.3) is 0 Å². The van der Waals surface area contributed by atoms with E-state index in [1.165, 1.54) is 10.9 Å². The molecule has 1 aromatic carbocycles. The third kappa shape index (κ3) is 3.58. The van der Waals surface area contributed by atoms with E-state index in [4.69, 9.17) is 9.15 Å². The highest BCUT2D eigenvalue weighted by atomic mass is 16.5. The Morgan fingerprint density at radius 3 is 2.89 bits per heavy atom. The predicted octanol–water partition coefficient (Wildman–Crippen LogP) is 3.82. The molecule has 0 saturated heterocycles. The quantitative estimate of drug-likeness (QED) is 0.769. The summed E-state index contributed by atoms with van der Waals surface area (Å²) in [4.78, 5) is 0. The van der Waals surface area contributed by atoms with E-state index in [1.807, 2.05) is 20.0 Å². The van der Waals surface area contributed by atoms with E-state index in [1.54, 1.807) is 0 Å². The Morgan fingerprint density at radius 2 is 2.16 bits per heavy atom. The van der Waals surface area contributed by atoms with E-state index in [2.05, 4.69) is 30.4 Å². The van der Waals surface area contributed by atoms with Gasteiger partial charge in [-0.2, -0.15) is 0 Å². The van der Waals surface area contributed by atoms with Crippen LogP contribution in [0.4, 0.5) is 0 Å². The molecule has 19 heavy (non-hydrogen) atoms. The van der Waals surface area contributed by atoms with Gasteiger partial charge in [-0.3, -0.25) is 0 Å². The molecule has 0 aliphatic heterocycles. The zero-order chi connectivity index (χ0) is 13.7. The lowest BCUT2D eigenvalue weighted by Gasteiger charge is -2.13. The van der Waals surface area contributed by atoms with Crippen molar-refractivity contribution in [1.29, 1.82) is 0 Å². The largest absolute Gasteiger partial charge is 0.459 e. The molecular weight excluding hydrogens is 238 g/mol. The van der Waals surface area contributed by atoms with Gasteiger partial charge in [-0.25, -0.2) is 0 Å². The second-order valence-electron chi connectivity index (χ2n) is 4.87. The molecule has 3 heteroatoms. The van der Waals surface area contributed by atoms with Crippen LogP contribution in [0.25, 0.3) is 11.0 Å². The second-order valence-corrected chi connectivity index (χ2v) is 4.87. The number of fused-ring (bicyclic) bond motifs is 1. The molecule has 2 aromatic rings. The van der Waals surface area contributed by atoms with Crippen LogP contribution in [0.5, 0.6) is 0 Å². The number of rotatable bonds is 7. The molecular formula is C16H23NO2. The van der Waals surface area contributed by atoms with Gasteiger partial charge in [-0.15, -0.1) is 0 Å². The summed E-state index contributed by atoms with van der Waals surface area (Å²) in [5, 5.41) is 4.50. The SMILES string of the molecule is CCOCCCC(NC)c1cc2cc(C)ccc2o1. The van der Waals surface area contributed by atoms with Crippen molar-refractivity contribution in [2.75, 3.05) is 20.3 Å². The van der Waals surface area contributed by atoms with Crippen LogP contribution in [-0.2, 0) is 4.74 Å². The first-order chi connectivity index (χ1) is 9.24. The maximum atomic E-state index is 5.93. The summed E-state index contributed by atoms with van der Waals surface area (Å²) in [6.45, 7) is 5.73. The summed E-state index contributed by atoms with van der Waals surface area (Å²) in [5.74, 6) is 1.01. The first-order valence-corrected chi connectivity index (χ1v) is 6.99. The molecule has 0 spiro atoms. The van der Waals surface area contributed by atoms with Gasteiger partial charge in [-0.05, 0) is 51.9 Å². The number of nitrogens with one attached hydrogen (secondary N) is 1. The molecule has 104 valence electrons. The van der Waals surface area contributed by atoms with Crippen LogP contribution in [0.2, 0.25) is 0 Å². The molecule has 0 saturated carbocycles. The van der Waals surface area contributed by atoms with Crippen LogP contribution >= 0.6 is 0 Å². The van der Waals surface area contributed by atoms with Crippen molar-refractivity contribution in [3.05, 3.63) is 35.6 Å². The second kappa shape index (κ2) is 6.73. The molecule has 1 N–H and O–H groups in total. The van der Waals surface area contributed by atoms with Gasteiger partial charge < -0.3 is 14.5 Å². The van der Waals surface area contributed by atoms with E-state index in [0.29, 0.717) is 0 Å². The minimum absolute atomic E-state index is 0.258. The van der Waals surface area contributed by atoms with E-state index >= 15 is 0 Å². The highest BCUT2D eigenvalue weighted by Gasteiger charge is 2.14. The Hall–Kier alpha value is -1.32. The average molecular weight is 261 g/mol. The van der Waals surface area contributed by atoms with Crippen molar-refractivity contribution in [2.24, 2.45) is 0 Å². The first kappa shape index (κ1) is 14.1. The smallest absolute Gasteiger partial charge is 0.134 e. The molecule has 1 unspecified atom stereocenters. The Kier molecular flexibility index (Phi) is 5.00. The fraction of sp³-hybridized carbons (Fsp3) is 0.500. The van der Waals surface area contributed by atoms with Crippen molar-refractivity contribution in [3.63, 3.8) is 0 Å². The topological polar surface area (TPSA) is 34.4 Å². The van der Waals surface area contributed by atoms with Gasteiger partial charge in [-0.1, -0.05) is 11.6 Å². The van der Waals surface area contributed by atoms with E-state index in [9.17, 15) is 0 Å². The number of ether oxygens (including phenoxy) is 1. The van der Waals surface area contributed by atoms with Crippen molar-refractivity contribution in [2.45, 2.75) is 32.7 Å². The summed E-state index contributed by atoms with van der Waals surface area (Å²) in [6, 6.07) is 8.69. The van der Waals surface area contributed by atoms with E-state index in [-0.39, 0.29) is 6.04 Å². The van der Waals surface area contributed by atoms with E-state index < -0.39 is 0 Å². The van der Waals surface area contributed by atoms with Gasteiger partial charge in [0, 0.05) is 18.6 Å². The van der Waals surface area contributed by atoms with Crippen LogP contribution in [0.3, 0.4) is 0 Å². The molecule has 0 aliphatic carbocycles. The molecule has 2 rings (SSSR count). The zero-order valence-corrected chi connectivity index (χ0v) is 12.0. The standard InChI is InChI=1S/C16H23NO2/c1-4-18-9-5-6-14(17-3)16-11-13-10-12(2)7-8-15(13)19-16/h7-8,10-11,14,17H,4-6,9H2,1-3H3. The first-order valence-electron chi connectivity index (χ1n) is 6.99. The van der Waals surface area contributed by atoms with Crippen LogP contribution < -0.4 is 5.32 Å². The van der Waals surface area contributed by atoms with Crippen molar-refractivity contribution in [1.82, 2.24) is 5.32 Å². The minimum Gasteiger partial charge on any atom is -0.459 e. The number of benzene rings is 1. The molecule has 0 aliphatic rings. The van der Waals surface area contributed by atoms with Crippen molar-refractivity contribution < 1.29 is 9.15 Å². The van der Waals surface area contributed by atoms with Gasteiger partial charge in [0.2, 0.25) is 0 Å². The molecule has 3 nitrogen and oxygen atoms in total. The third-order valence-corrected chi connectivity index (χ3v) is 3.37. The van der Waals surface area contributed by atoms with Gasteiger partial charge >= 0.3 is 0 Å². The molecule has 1 atom stereocenters. The summed E-state index contributed by atoms with van der Waals surface area (Å²) < 4.78 is 11.3. The minimum atomic E-state index is 0.258. The lowest BCUT2D eigenvalue weighted by Crippen LogP contribution is -2.16. The van der Waals surface area contributed by atoms with Crippen LogP contribution in [0, 0.1) is 6.92 Å². The normalized spacial score (nSPS) is 13.0. The summed E-state index contributed by atoms with van der Waals surface area (Å²) in [6.07, 6.45) is 2.06. The lowest BCUT2D eigenvalue weighted by molar-refractivity contribution is 0.140. The van der Waals surface area contributed by atoms with Gasteiger partial charge in [0.1, 0.15) is 11.3 Å². The Bertz CT molecular complexity index is 518. The number of hydrogen-bond acceptors (Lipinski definition) is 3. The maximum absolute atomic E-state index is 5.93. The summed E-state index contributed by atoms with van der Waals surface area (Å²) >= 11 is 0. The molecule has 0 radical (unpaired) electrons. The van der Waals surface area contributed by atoms with Gasteiger partial charge in [0.15, 0.2) is 0 Å². The highest BCUT2D eigenvalue weighted by molar-refractivity contribution is 5.78. The highest BCUT2D eigenvalue weighted by Crippen LogP contribution is 2.27.